The lowest BCUT2D eigenvalue weighted by Gasteiger charge is -2.34. The van der Waals surface area contributed by atoms with Crippen LogP contribution in [0.2, 0.25) is 0 Å². The van der Waals surface area contributed by atoms with Crippen molar-refractivity contribution in [1.29, 1.82) is 0 Å². The Morgan fingerprint density at radius 2 is 1.79 bits per heavy atom. The molecule has 0 unspecified atom stereocenters. The van der Waals surface area contributed by atoms with Crippen LogP contribution in [0.4, 0.5) is 4.79 Å². The molecule has 0 radical (unpaired) electrons. The lowest BCUT2D eigenvalue weighted by Crippen LogP contribution is -2.47. The van der Waals surface area contributed by atoms with Crippen molar-refractivity contribution in [3.8, 4) is 0 Å². The van der Waals surface area contributed by atoms with Crippen molar-refractivity contribution >= 4 is 22.0 Å². The van der Waals surface area contributed by atoms with Crippen LogP contribution in [0, 0.1) is 5.92 Å². The van der Waals surface area contributed by atoms with E-state index in [0.717, 1.165) is 4.31 Å². The number of carbonyl (C=O) groups excluding carboxylic acids is 2. The Hall–Kier alpha value is -2.35. The molecule has 1 heterocycles. The van der Waals surface area contributed by atoms with E-state index in [-0.39, 0.29) is 12.3 Å². The minimum absolute atomic E-state index is 0.0692. The van der Waals surface area contributed by atoms with Crippen LogP contribution in [0.15, 0.2) is 43.0 Å². The summed E-state index contributed by atoms with van der Waals surface area (Å²) in [4.78, 5) is 26.7. The molecule has 2 rings (SSSR count). The van der Waals surface area contributed by atoms with Crippen LogP contribution in [-0.2, 0) is 25.3 Å². The molecule has 1 aromatic carbocycles. The Morgan fingerprint density at radius 1 is 1.21 bits per heavy atom. The monoisotopic (exact) mass is 422 g/mol. The summed E-state index contributed by atoms with van der Waals surface area (Å²) in [6, 6.07) is 8.76. The molecule has 29 heavy (non-hydrogen) atoms. The Kier molecular flexibility index (Phi) is 7.46. The van der Waals surface area contributed by atoms with Gasteiger partial charge in [0.1, 0.15) is 5.60 Å². The number of carbonyl (C=O) groups is 2. The van der Waals surface area contributed by atoms with Gasteiger partial charge < -0.3 is 9.64 Å². The molecule has 0 bridgehead atoms. The number of sulfonamides is 1. The van der Waals surface area contributed by atoms with Gasteiger partial charge >= 0.3 is 6.09 Å². The number of hydrogen-bond donors (Lipinski definition) is 0. The van der Waals surface area contributed by atoms with Gasteiger partial charge in [-0.3, -0.25) is 4.79 Å². The fourth-order valence-corrected chi connectivity index (χ4v) is 4.69. The zero-order valence-corrected chi connectivity index (χ0v) is 18.2. The summed E-state index contributed by atoms with van der Waals surface area (Å²) >= 11 is 0. The lowest BCUT2D eigenvalue weighted by molar-refractivity contribution is -0.131. The smallest absolute Gasteiger partial charge is 0.410 e. The molecule has 1 aliphatic heterocycles. The molecule has 1 aliphatic rings. The van der Waals surface area contributed by atoms with Gasteiger partial charge in [-0.05, 0) is 39.2 Å². The summed E-state index contributed by atoms with van der Waals surface area (Å²) in [6.45, 7) is 9.62. The minimum Gasteiger partial charge on any atom is -0.444 e. The molecule has 7 nitrogen and oxygen atoms in total. The summed E-state index contributed by atoms with van der Waals surface area (Å²) in [5, 5.41) is 0. The Morgan fingerprint density at radius 3 is 2.31 bits per heavy atom. The van der Waals surface area contributed by atoms with Gasteiger partial charge in [-0.1, -0.05) is 36.4 Å². The number of amides is 2. The molecule has 0 atom stereocenters. The van der Waals surface area contributed by atoms with Crippen molar-refractivity contribution in [2.75, 3.05) is 19.6 Å². The number of nitrogens with zero attached hydrogens (tertiary/aromatic N) is 2. The highest BCUT2D eigenvalue weighted by Gasteiger charge is 2.35. The third kappa shape index (κ3) is 6.59. The third-order valence-electron chi connectivity index (χ3n) is 4.56. The Bertz CT molecular complexity index is 822. The zero-order valence-electron chi connectivity index (χ0n) is 17.3. The van der Waals surface area contributed by atoms with Crippen molar-refractivity contribution in [2.24, 2.45) is 5.92 Å². The zero-order chi connectivity index (χ0) is 21.7. The molecular formula is C21H30N2O5S. The molecule has 0 aromatic heterocycles. The SMILES string of the molecule is C=CCN(C(=O)C1CCN(C(=O)OC(C)(C)C)CC1)S(=O)(=O)Cc1ccccc1. The fourth-order valence-electron chi connectivity index (χ4n) is 3.16. The van der Waals surface area contributed by atoms with Gasteiger partial charge in [-0.15, -0.1) is 6.58 Å². The number of likely N-dealkylation sites (tertiary alicyclic amines) is 1. The second-order valence-electron chi connectivity index (χ2n) is 8.14. The standard InChI is InChI=1S/C21H30N2O5S/c1-5-13-23(29(26,27)16-17-9-7-6-8-10-17)19(24)18-11-14-22(15-12-18)20(25)28-21(2,3)4/h5-10,18H,1,11-16H2,2-4H3. The van der Waals surface area contributed by atoms with E-state index in [1.807, 2.05) is 0 Å². The first-order valence-corrected chi connectivity index (χ1v) is 11.3. The van der Waals surface area contributed by atoms with Gasteiger partial charge in [0, 0.05) is 19.0 Å². The molecule has 1 saturated heterocycles. The van der Waals surface area contributed by atoms with Gasteiger partial charge in [0.25, 0.3) is 0 Å². The molecule has 8 heteroatoms. The van der Waals surface area contributed by atoms with Crippen molar-refractivity contribution in [2.45, 2.75) is 45.0 Å². The van der Waals surface area contributed by atoms with E-state index in [1.54, 1.807) is 56.0 Å². The summed E-state index contributed by atoms with van der Waals surface area (Å²) in [5.74, 6) is -1.15. The first-order valence-electron chi connectivity index (χ1n) is 9.70. The maximum atomic E-state index is 13.0. The van der Waals surface area contributed by atoms with Crippen molar-refractivity contribution in [1.82, 2.24) is 9.21 Å². The fraction of sp³-hybridized carbons (Fsp3) is 0.524. The van der Waals surface area contributed by atoms with Crippen LogP contribution < -0.4 is 0 Å². The average molecular weight is 423 g/mol. The van der Waals surface area contributed by atoms with Crippen LogP contribution >= 0.6 is 0 Å². The molecule has 2 amide bonds. The van der Waals surface area contributed by atoms with E-state index in [0.29, 0.717) is 31.5 Å². The van der Waals surface area contributed by atoms with Crippen LogP contribution in [0.5, 0.6) is 0 Å². The van der Waals surface area contributed by atoms with E-state index in [1.165, 1.54) is 6.08 Å². The van der Waals surface area contributed by atoms with Gasteiger partial charge in [0.15, 0.2) is 0 Å². The molecular weight excluding hydrogens is 392 g/mol. The number of benzene rings is 1. The lowest BCUT2D eigenvalue weighted by atomic mass is 9.96. The molecule has 1 aromatic rings. The van der Waals surface area contributed by atoms with E-state index in [9.17, 15) is 18.0 Å². The molecule has 1 fully saturated rings. The summed E-state index contributed by atoms with van der Waals surface area (Å²) in [7, 11) is -3.83. The Labute approximate surface area is 173 Å². The number of ether oxygens (including phenoxy) is 1. The molecule has 0 saturated carbocycles. The van der Waals surface area contributed by atoms with Gasteiger partial charge in [0.05, 0.1) is 12.3 Å². The Balaban J connectivity index is 2.04. The molecule has 160 valence electrons. The third-order valence-corrected chi connectivity index (χ3v) is 6.26. The normalized spacial score (nSPS) is 15.6. The van der Waals surface area contributed by atoms with Gasteiger partial charge in [0.2, 0.25) is 15.9 Å². The largest absolute Gasteiger partial charge is 0.444 e. The second-order valence-corrected chi connectivity index (χ2v) is 10.0. The van der Waals surface area contributed by atoms with E-state index >= 15 is 0 Å². The van der Waals surface area contributed by atoms with Crippen molar-refractivity contribution < 1.29 is 22.7 Å². The molecule has 0 spiro atoms. The van der Waals surface area contributed by atoms with Crippen molar-refractivity contribution in [3.63, 3.8) is 0 Å². The predicted molar refractivity (Wildman–Crippen MR) is 112 cm³/mol. The average Bonchev–Trinajstić information content (AvgIpc) is 2.64. The highest BCUT2D eigenvalue weighted by Crippen LogP contribution is 2.24. The van der Waals surface area contributed by atoms with Gasteiger partial charge in [-0.25, -0.2) is 17.5 Å². The maximum Gasteiger partial charge on any atom is 0.410 e. The van der Waals surface area contributed by atoms with Crippen LogP contribution in [0.3, 0.4) is 0 Å². The second kappa shape index (κ2) is 9.43. The topological polar surface area (TPSA) is 84.0 Å². The molecule has 0 aliphatic carbocycles. The minimum atomic E-state index is -3.83. The summed E-state index contributed by atoms with van der Waals surface area (Å²) < 4.78 is 32.0. The van der Waals surface area contributed by atoms with Crippen LogP contribution in [0.25, 0.3) is 0 Å². The highest BCUT2D eigenvalue weighted by molar-refractivity contribution is 7.88. The van der Waals surface area contributed by atoms with Crippen molar-refractivity contribution in [3.05, 3.63) is 48.6 Å². The van der Waals surface area contributed by atoms with Crippen LogP contribution in [0.1, 0.15) is 39.2 Å². The van der Waals surface area contributed by atoms with Crippen LogP contribution in [-0.4, -0.2) is 54.9 Å². The van der Waals surface area contributed by atoms with E-state index in [2.05, 4.69) is 6.58 Å². The first-order chi connectivity index (χ1) is 13.5. The van der Waals surface area contributed by atoms with Gasteiger partial charge in [-0.2, -0.15) is 0 Å². The highest BCUT2D eigenvalue weighted by atomic mass is 32.2. The number of hydrogen-bond acceptors (Lipinski definition) is 5. The quantitative estimate of drug-likeness (QED) is 0.658. The first kappa shape index (κ1) is 22.9. The predicted octanol–water partition coefficient (Wildman–Crippen LogP) is 3.18. The van der Waals surface area contributed by atoms with E-state index in [4.69, 9.17) is 4.74 Å². The van der Waals surface area contributed by atoms with E-state index < -0.39 is 33.5 Å². The maximum absolute atomic E-state index is 13.0. The summed E-state index contributed by atoms with van der Waals surface area (Å²) in [6.07, 6.45) is 1.79. The summed E-state index contributed by atoms with van der Waals surface area (Å²) in [5.41, 5.74) is 0.0323. The molecule has 0 N–H and O–H groups in total. The number of rotatable bonds is 6. The number of piperidine rings is 1.